The maximum Gasteiger partial charge on any atom is 0.338 e. The molecule has 3 N–H and O–H groups in total. The highest BCUT2D eigenvalue weighted by molar-refractivity contribution is 6.30. The van der Waals surface area contributed by atoms with E-state index in [4.69, 9.17) is 22.1 Å². The number of ether oxygens (including phenoxy) is 1. The molecule has 0 saturated heterocycles. The van der Waals surface area contributed by atoms with Crippen molar-refractivity contribution >= 4 is 29.4 Å². The third kappa shape index (κ3) is 4.84. The third-order valence-corrected chi connectivity index (χ3v) is 2.13. The van der Waals surface area contributed by atoms with Gasteiger partial charge < -0.3 is 15.8 Å². The van der Waals surface area contributed by atoms with E-state index in [-0.39, 0.29) is 12.1 Å². The number of hydrogen-bond donors (Lipinski definition) is 2. The molecule has 0 fully saturated rings. The third-order valence-electron chi connectivity index (χ3n) is 1.87. The van der Waals surface area contributed by atoms with Gasteiger partial charge in [-0.25, -0.2) is 4.79 Å². The fourth-order valence-electron chi connectivity index (χ4n) is 1.04. The van der Waals surface area contributed by atoms with Crippen molar-refractivity contribution in [2.45, 2.75) is 0 Å². The standard InChI is InChI=1S/C11H11ClN2O4/c12-8-3-1-7(2-4-8)11(17)18-6-10(16)14-5-9(13)15/h1-4H,5-6H2,(H2,13,15)(H,14,16). The Hall–Kier alpha value is -2.08. The second-order valence-corrected chi connectivity index (χ2v) is 3.76. The first-order valence-corrected chi connectivity index (χ1v) is 5.34. The van der Waals surface area contributed by atoms with E-state index in [0.29, 0.717) is 5.02 Å². The summed E-state index contributed by atoms with van der Waals surface area (Å²) in [6.07, 6.45) is 0. The molecule has 0 aliphatic carbocycles. The second kappa shape index (κ2) is 6.61. The van der Waals surface area contributed by atoms with Crippen molar-refractivity contribution in [1.82, 2.24) is 5.32 Å². The minimum Gasteiger partial charge on any atom is -0.452 e. The zero-order chi connectivity index (χ0) is 13.5. The molecule has 1 aromatic carbocycles. The second-order valence-electron chi connectivity index (χ2n) is 3.33. The molecule has 6 nitrogen and oxygen atoms in total. The van der Waals surface area contributed by atoms with Crippen LogP contribution in [0.1, 0.15) is 10.4 Å². The Bertz CT molecular complexity index is 459. The summed E-state index contributed by atoms with van der Waals surface area (Å²) < 4.78 is 4.72. The van der Waals surface area contributed by atoms with Gasteiger partial charge in [0.1, 0.15) is 0 Å². The fraction of sp³-hybridized carbons (Fsp3) is 0.182. The van der Waals surface area contributed by atoms with Crippen LogP contribution >= 0.6 is 11.6 Å². The number of nitrogens with two attached hydrogens (primary N) is 1. The van der Waals surface area contributed by atoms with Crippen molar-refractivity contribution in [3.05, 3.63) is 34.9 Å². The molecule has 0 aliphatic rings. The summed E-state index contributed by atoms with van der Waals surface area (Å²) in [5, 5.41) is 2.68. The van der Waals surface area contributed by atoms with Crippen LogP contribution in [0.4, 0.5) is 0 Å². The number of carbonyl (C=O) groups excluding carboxylic acids is 3. The minimum atomic E-state index is -0.674. The Morgan fingerprint density at radius 2 is 1.83 bits per heavy atom. The van der Waals surface area contributed by atoms with Crippen LogP contribution < -0.4 is 11.1 Å². The minimum absolute atomic E-state index is 0.280. The van der Waals surface area contributed by atoms with Crippen molar-refractivity contribution in [3.8, 4) is 0 Å². The van der Waals surface area contributed by atoms with Crippen molar-refractivity contribution in [2.24, 2.45) is 5.73 Å². The van der Waals surface area contributed by atoms with Gasteiger partial charge in [-0.2, -0.15) is 0 Å². The van der Waals surface area contributed by atoms with Crippen LogP contribution in [0.3, 0.4) is 0 Å². The van der Waals surface area contributed by atoms with Crippen molar-refractivity contribution in [3.63, 3.8) is 0 Å². The van der Waals surface area contributed by atoms with E-state index in [0.717, 1.165) is 0 Å². The Kier molecular flexibility index (Phi) is 5.13. The molecule has 0 bridgehead atoms. The van der Waals surface area contributed by atoms with Crippen LogP contribution in [-0.4, -0.2) is 30.9 Å². The maximum atomic E-state index is 11.5. The van der Waals surface area contributed by atoms with E-state index in [1.807, 2.05) is 0 Å². The number of carbonyl (C=O) groups is 3. The van der Waals surface area contributed by atoms with Crippen LogP contribution in [0.15, 0.2) is 24.3 Å². The Morgan fingerprint density at radius 3 is 2.39 bits per heavy atom. The lowest BCUT2D eigenvalue weighted by Gasteiger charge is -2.05. The van der Waals surface area contributed by atoms with Gasteiger partial charge in [0.25, 0.3) is 5.91 Å². The summed E-state index contributed by atoms with van der Waals surface area (Å²) in [5.41, 5.74) is 5.11. The number of hydrogen-bond acceptors (Lipinski definition) is 4. The summed E-state index contributed by atoms with van der Waals surface area (Å²) in [7, 11) is 0. The van der Waals surface area contributed by atoms with Gasteiger partial charge in [0.2, 0.25) is 5.91 Å². The van der Waals surface area contributed by atoms with E-state index in [1.165, 1.54) is 24.3 Å². The normalized spacial score (nSPS) is 9.61. The van der Waals surface area contributed by atoms with Crippen LogP contribution in [0, 0.1) is 0 Å². The molecule has 0 saturated carbocycles. The molecule has 7 heteroatoms. The highest BCUT2D eigenvalue weighted by atomic mass is 35.5. The highest BCUT2D eigenvalue weighted by Gasteiger charge is 2.10. The summed E-state index contributed by atoms with van der Waals surface area (Å²) in [6, 6.07) is 6.02. The fourth-order valence-corrected chi connectivity index (χ4v) is 1.16. The predicted molar refractivity (Wildman–Crippen MR) is 63.9 cm³/mol. The maximum absolute atomic E-state index is 11.5. The molecule has 1 rings (SSSR count). The van der Waals surface area contributed by atoms with E-state index in [2.05, 4.69) is 5.32 Å². The van der Waals surface area contributed by atoms with E-state index in [9.17, 15) is 14.4 Å². The molecule has 96 valence electrons. The number of halogens is 1. The van der Waals surface area contributed by atoms with Crippen LogP contribution in [0.25, 0.3) is 0 Å². The van der Waals surface area contributed by atoms with E-state index >= 15 is 0 Å². The highest BCUT2D eigenvalue weighted by Crippen LogP contribution is 2.10. The molecule has 0 heterocycles. The quantitative estimate of drug-likeness (QED) is 0.741. The average molecular weight is 271 g/mol. The lowest BCUT2D eigenvalue weighted by Crippen LogP contribution is -2.35. The van der Waals surface area contributed by atoms with E-state index in [1.54, 1.807) is 0 Å². The zero-order valence-electron chi connectivity index (χ0n) is 9.31. The summed E-state index contributed by atoms with van der Waals surface area (Å²) in [4.78, 5) is 33.0. The Labute approximate surface area is 108 Å². The largest absolute Gasteiger partial charge is 0.452 e. The molecule has 0 unspecified atom stereocenters. The van der Waals surface area contributed by atoms with Gasteiger partial charge in [0, 0.05) is 5.02 Å². The number of amides is 2. The Morgan fingerprint density at radius 1 is 1.22 bits per heavy atom. The smallest absolute Gasteiger partial charge is 0.338 e. The first-order chi connectivity index (χ1) is 8.49. The van der Waals surface area contributed by atoms with Crippen molar-refractivity contribution < 1.29 is 19.1 Å². The molecule has 18 heavy (non-hydrogen) atoms. The zero-order valence-corrected chi connectivity index (χ0v) is 10.1. The predicted octanol–water partition coefficient (Wildman–Crippen LogP) is 0.0983. The number of rotatable bonds is 5. The topological polar surface area (TPSA) is 98.5 Å². The van der Waals surface area contributed by atoms with Crippen LogP contribution in [0.2, 0.25) is 5.02 Å². The van der Waals surface area contributed by atoms with Gasteiger partial charge in [-0.15, -0.1) is 0 Å². The van der Waals surface area contributed by atoms with Crippen LogP contribution in [-0.2, 0) is 14.3 Å². The van der Waals surface area contributed by atoms with Gasteiger partial charge in [0.05, 0.1) is 12.1 Å². The van der Waals surface area contributed by atoms with Gasteiger partial charge >= 0.3 is 5.97 Å². The first kappa shape index (κ1) is 14.0. The molecule has 0 aromatic heterocycles. The first-order valence-electron chi connectivity index (χ1n) is 4.96. The summed E-state index contributed by atoms with van der Waals surface area (Å²) >= 11 is 5.65. The molecular formula is C11H11ClN2O4. The Balaban J connectivity index is 2.39. The number of primary amides is 1. The SMILES string of the molecule is NC(=O)CNC(=O)COC(=O)c1ccc(Cl)cc1. The molecule has 0 spiro atoms. The van der Waals surface area contributed by atoms with Crippen LogP contribution in [0.5, 0.6) is 0 Å². The molecule has 0 atom stereocenters. The van der Waals surface area contributed by atoms with E-state index < -0.39 is 24.4 Å². The molecule has 1 aromatic rings. The molecule has 0 aliphatic heterocycles. The number of nitrogens with one attached hydrogen (secondary N) is 1. The molecule has 0 radical (unpaired) electrons. The molecule has 2 amide bonds. The van der Waals surface area contributed by atoms with Gasteiger partial charge in [-0.3, -0.25) is 9.59 Å². The van der Waals surface area contributed by atoms with Gasteiger partial charge in [0.15, 0.2) is 6.61 Å². The monoisotopic (exact) mass is 270 g/mol. The molecular weight excluding hydrogens is 260 g/mol. The van der Waals surface area contributed by atoms with Crippen molar-refractivity contribution in [1.29, 1.82) is 0 Å². The summed E-state index contributed by atoms with van der Waals surface area (Å²) in [5.74, 6) is -1.93. The number of esters is 1. The van der Waals surface area contributed by atoms with Gasteiger partial charge in [-0.05, 0) is 24.3 Å². The van der Waals surface area contributed by atoms with Crippen molar-refractivity contribution in [2.75, 3.05) is 13.2 Å². The summed E-state index contributed by atoms with van der Waals surface area (Å²) in [6.45, 7) is -0.772. The number of benzene rings is 1. The lowest BCUT2D eigenvalue weighted by atomic mass is 10.2. The average Bonchev–Trinajstić information content (AvgIpc) is 2.34. The van der Waals surface area contributed by atoms with Gasteiger partial charge in [-0.1, -0.05) is 11.6 Å². The lowest BCUT2D eigenvalue weighted by molar-refractivity contribution is -0.127.